The minimum absolute atomic E-state index is 0.00975. The number of carbonyl (C=O) groups is 2. The molecule has 2 rings (SSSR count). The summed E-state index contributed by atoms with van der Waals surface area (Å²) in [7, 11) is 0. The molecule has 1 aliphatic carbocycles. The second kappa shape index (κ2) is 4.74. The molecule has 1 saturated heterocycles. The lowest BCUT2D eigenvalue weighted by molar-refractivity contribution is -0.164. The van der Waals surface area contributed by atoms with Crippen LogP contribution in [-0.2, 0) is 9.59 Å². The summed E-state index contributed by atoms with van der Waals surface area (Å²) in [6.07, 6.45) is 2.92. The van der Waals surface area contributed by atoms with Crippen molar-refractivity contribution in [2.45, 2.75) is 77.9 Å². The molecule has 4 nitrogen and oxygen atoms in total. The van der Waals surface area contributed by atoms with Gasteiger partial charge < -0.3 is 10.2 Å². The summed E-state index contributed by atoms with van der Waals surface area (Å²) >= 11 is 0. The lowest BCUT2D eigenvalue weighted by atomic mass is 9.82. The number of rotatable bonds is 4. The molecule has 4 heteroatoms. The molecule has 2 aliphatic rings. The summed E-state index contributed by atoms with van der Waals surface area (Å²) < 4.78 is 0. The van der Waals surface area contributed by atoms with Crippen molar-refractivity contribution in [1.29, 1.82) is 0 Å². The Labute approximate surface area is 122 Å². The zero-order valence-corrected chi connectivity index (χ0v) is 13.6. The van der Waals surface area contributed by atoms with E-state index in [-0.39, 0.29) is 29.3 Å². The number of hydrogen-bond acceptors (Lipinski definition) is 2. The third kappa shape index (κ3) is 2.23. The molecule has 0 spiro atoms. The third-order valence-electron chi connectivity index (χ3n) is 5.14. The molecule has 1 N–H and O–H groups in total. The molecule has 2 atom stereocenters. The van der Waals surface area contributed by atoms with Gasteiger partial charge in [-0.05, 0) is 51.9 Å². The van der Waals surface area contributed by atoms with Crippen molar-refractivity contribution in [3.8, 4) is 0 Å². The van der Waals surface area contributed by atoms with E-state index in [1.807, 2.05) is 25.7 Å². The molecule has 1 aliphatic heterocycles. The first-order valence-corrected chi connectivity index (χ1v) is 7.81. The molecule has 114 valence electrons. The van der Waals surface area contributed by atoms with Crippen LogP contribution in [0.1, 0.15) is 60.8 Å². The normalized spacial score (nSPS) is 31.8. The number of hydrogen-bond donors (Lipinski definition) is 1. The molecule has 0 bridgehead atoms. The monoisotopic (exact) mass is 280 g/mol. The van der Waals surface area contributed by atoms with Gasteiger partial charge in [-0.3, -0.25) is 9.59 Å². The van der Waals surface area contributed by atoms with Crippen LogP contribution in [0, 0.1) is 11.8 Å². The smallest absolute Gasteiger partial charge is 0.249 e. The Morgan fingerprint density at radius 1 is 1.35 bits per heavy atom. The van der Waals surface area contributed by atoms with Crippen LogP contribution in [0.15, 0.2) is 0 Å². The quantitative estimate of drug-likeness (QED) is 0.859. The van der Waals surface area contributed by atoms with Gasteiger partial charge in [-0.1, -0.05) is 20.8 Å². The second-order valence-electron chi connectivity index (χ2n) is 7.50. The third-order valence-corrected chi connectivity index (χ3v) is 5.14. The van der Waals surface area contributed by atoms with Crippen LogP contribution in [0.2, 0.25) is 0 Å². The van der Waals surface area contributed by atoms with E-state index in [0.717, 1.165) is 19.3 Å². The topological polar surface area (TPSA) is 49.4 Å². The van der Waals surface area contributed by atoms with Gasteiger partial charge in [-0.15, -0.1) is 0 Å². The Kier molecular flexibility index (Phi) is 3.64. The highest BCUT2D eigenvalue weighted by molar-refractivity contribution is 6.00. The lowest BCUT2D eigenvalue weighted by Crippen LogP contribution is -2.74. The van der Waals surface area contributed by atoms with Gasteiger partial charge in [0.1, 0.15) is 11.6 Å². The predicted molar refractivity (Wildman–Crippen MR) is 79.1 cm³/mol. The summed E-state index contributed by atoms with van der Waals surface area (Å²) in [4.78, 5) is 27.6. The molecule has 2 fully saturated rings. The molecular weight excluding hydrogens is 252 g/mol. The average molecular weight is 280 g/mol. The fourth-order valence-corrected chi connectivity index (χ4v) is 3.24. The number of piperazine rings is 1. The van der Waals surface area contributed by atoms with Gasteiger partial charge in [0.05, 0.1) is 0 Å². The zero-order valence-electron chi connectivity index (χ0n) is 13.6. The maximum atomic E-state index is 13.1. The van der Waals surface area contributed by atoms with E-state index in [1.54, 1.807) is 0 Å². The van der Waals surface area contributed by atoms with E-state index < -0.39 is 5.54 Å². The maximum absolute atomic E-state index is 13.1. The lowest BCUT2D eigenvalue weighted by Gasteiger charge is -2.52. The second-order valence-corrected chi connectivity index (χ2v) is 7.50. The van der Waals surface area contributed by atoms with Crippen molar-refractivity contribution < 1.29 is 9.59 Å². The highest BCUT2D eigenvalue weighted by Crippen LogP contribution is 2.44. The largest absolute Gasteiger partial charge is 0.340 e. The predicted octanol–water partition coefficient (Wildman–Crippen LogP) is 2.33. The summed E-state index contributed by atoms with van der Waals surface area (Å²) in [6.45, 7) is 12.1. The van der Waals surface area contributed by atoms with Crippen LogP contribution < -0.4 is 5.32 Å². The Hall–Kier alpha value is -1.06. The van der Waals surface area contributed by atoms with Crippen molar-refractivity contribution in [2.24, 2.45) is 11.8 Å². The SMILES string of the molecule is CCC(C)(C)N1C(=O)C(C)(C2CC2)NC(=O)C1C(C)C. The average Bonchev–Trinajstić information content (AvgIpc) is 3.16. The Morgan fingerprint density at radius 3 is 2.30 bits per heavy atom. The maximum Gasteiger partial charge on any atom is 0.249 e. The zero-order chi connectivity index (χ0) is 15.3. The summed E-state index contributed by atoms with van der Waals surface area (Å²) in [6, 6.07) is -0.357. The molecule has 0 radical (unpaired) electrons. The number of amides is 2. The van der Waals surface area contributed by atoms with Crippen LogP contribution in [0.25, 0.3) is 0 Å². The molecular formula is C16H28N2O2. The number of carbonyl (C=O) groups excluding carboxylic acids is 2. The summed E-state index contributed by atoms with van der Waals surface area (Å²) in [5.41, 5.74) is -0.991. The molecule has 0 aromatic carbocycles. The van der Waals surface area contributed by atoms with E-state index in [4.69, 9.17) is 0 Å². The highest BCUT2D eigenvalue weighted by atomic mass is 16.2. The molecule has 2 unspecified atom stereocenters. The summed E-state index contributed by atoms with van der Waals surface area (Å²) in [5.74, 6) is 0.538. The number of nitrogens with one attached hydrogen (secondary N) is 1. The van der Waals surface area contributed by atoms with E-state index in [1.165, 1.54) is 0 Å². The fraction of sp³-hybridized carbons (Fsp3) is 0.875. The van der Waals surface area contributed by atoms with Gasteiger partial charge in [0.15, 0.2) is 0 Å². The Balaban J connectivity index is 2.44. The molecule has 20 heavy (non-hydrogen) atoms. The van der Waals surface area contributed by atoms with Crippen molar-refractivity contribution in [3.05, 3.63) is 0 Å². The van der Waals surface area contributed by atoms with Crippen molar-refractivity contribution >= 4 is 11.8 Å². The molecule has 0 aromatic heterocycles. The minimum Gasteiger partial charge on any atom is -0.340 e. The highest BCUT2D eigenvalue weighted by Gasteiger charge is 2.58. The first-order valence-electron chi connectivity index (χ1n) is 7.81. The van der Waals surface area contributed by atoms with Crippen molar-refractivity contribution in [3.63, 3.8) is 0 Å². The fourth-order valence-electron chi connectivity index (χ4n) is 3.24. The van der Waals surface area contributed by atoms with Crippen LogP contribution in [-0.4, -0.2) is 33.8 Å². The van der Waals surface area contributed by atoms with E-state index in [2.05, 4.69) is 26.1 Å². The molecule has 2 amide bonds. The van der Waals surface area contributed by atoms with E-state index >= 15 is 0 Å². The van der Waals surface area contributed by atoms with E-state index in [9.17, 15) is 9.59 Å². The Morgan fingerprint density at radius 2 is 1.90 bits per heavy atom. The van der Waals surface area contributed by atoms with Gasteiger partial charge in [0.2, 0.25) is 11.8 Å². The van der Waals surface area contributed by atoms with Crippen LogP contribution >= 0.6 is 0 Å². The molecule has 1 heterocycles. The van der Waals surface area contributed by atoms with Crippen LogP contribution in [0.4, 0.5) is 0 Å². The van der Waals surface area contributed by atoms with Gasteiger partial charge in [-0.2, -0.15) is 0 Å². The minimum atomic E-state index is -0.699. The van der Waals surface area contributed by atoms with E-state index in [0.29, 0.717) is 5.92 Å². The van der Waals surface area contributed by atoms with Gasteiger partial charge in [-0.25, -0.2) is 0 Å². The standard InChI is InChI=1S/C16H28N2O2/c1-7-15(4,5)18-12(10(2)3)13(19)17-16(6,14(18)20)11-8-9-11/h10-12H,7-9H2,1-6H3,(H,17,19). The Bertz CT molecular complexity index is 426. The van der Waals surface area contributed by atoms with Gasteiger partial charge in [0.25, 0.3) is 0 Å². The summed E-state index contributed by atoms with van der Waals surface area (Å²) in [5, 5.41) is 3.03. The molecule has 0 aromatic rings. The first-order chi connectivity index (χ1) is 9.15. The van der Waals surface area contributed by atoms with Gasteiger partial charge in [0, 0.05) is 5.54 Å². The van der Waals surface area contributed by atoms with Crippen LogP contribution in [0.5, 0.6) is 0 Å². The van der Waals surface area contributed by atoms with Gasteiger partial charge >= 0.3 is 0 Å². The van der Waals surface area contributed by atoms with Crippen molar-refractivity contribution in [1.82, 2.24) is 10.2 Å². The van der Waals surface area contributed by atoms with Crippen molar-refractivity contribution in [2.75, 3.05) is 0 Å². The number of nitrogens with zero attached hydrogens (tertiary/aromatic N) is 1. The molecule has 1 saturated carbocycles. The van der Waals surface area contributed by atoms with Crippen LogP contribution in [0.3, 0.4) is 0 Å². The first kappa shape index (κ1) is 15.3.